The van der Waals surface area contributed by atoms with E-state index in [0.29, 0.717) is 38.0 Å². The molecule has 0 atom stereocenters. The maximum atomic E-state index is 12.0. The standard InChI is InChI=1S/C14H28NO5S/c1-6-11-20-21(17,18)15(4,5)10-8-7-9-12-19-14(16)13(2)3/h2,6-12H2,1,3-5H3/q+1. The normalized spacial score (nSPS) is 12.2. The molecule has 0 saturated heterocycles. The van der Waals surface area contributed by atoms with Crippen LogP contribution in [-0.4, -0.2) is 52.1 Å². The summed E-state index contributed by atoms with van der Waals surface area (Å²) >= 11 is 0. The Balaban J connectivity index is 4.00. The molecule has 124 valence electrons. The average molecular weight is 322 g/mol. The van der Waals surface area contributed by atoms with Gasteiger partial charge in [-0.15, -0.1) is 8.42 Å². The summed E-state index contributed by atoms with van der Waals surface area (Å²) in [5.74, 6) is -0.387. The molecule has 0 aliphatic carbocycles. The summed E-state index contributed by atoms with van der Waals surface area (Å²) in [6.45, 7) is 7.96. The molecule has 0 heterocycles. The highest BCUT2D eigenvalue weighted by Gasteiger charge is 2.33. The van der Waals surface area contributed by atoms with Crippen LogP contribution in [-0.2, 0) is 24.0 Å². The van der Waals surface area contributed by atoms with Gasteiger partial charge in [-0.05, 0) is 32.6 Å². The second kappa shape index (κ2) is 9.17. The SMILES string of the molecule is C=C(C)C(=O)OCCCCC[N+](C)(C)S(=O)(=O)OCCC. The zero-order chi connectivity index (χ0) is 16.5. The number of unbranched alkanes of at least 4 members (excludes halogenated alkanes) is 2. The molecule has 0 fully saturated rings. The van der Waals surface area contributed by atoms with Crippen molar-refractivity contribution in [1.29, 1.82) is 0 Å². The Bertz CT molecular complexity index is 442. The van der Waals surface area contributed by atoms with Crippen LogP contribution in [0.15, 0.2) is 12.2 Å². The lowest BCUT2D eigenvalue weighted by Crippen LogP contribution is -2.47. The molecule has 0 aromatic heterocycles. The van der Waals surface area contributed by atoms with Gasteiger partial charge in [0.05, 0.1) is 33.9 Å². The van der Waals surface area contributed by atoms with Gasteiger partial charge in [0.15, 0.2) is 0 Å². The van der Waals surface area contributed by atoms with E-state index in [-0.39, 0.29) is 16.5 Å². The van der Waals surface area contributed by atoms with E-state index in [1.807, 2.05) is 6.92 Å². The smallest absolute Gasteiger partial charge is 0.435 e. The van der Waals surface area contributed by atoms with Crippen LogP contribution in [0.2, 0.25) is 0 Å². The fourth-order valence-electron chi connectivity index (χ4n) is 1.50. The van der Waals surface area contributed by atoms with Gasteiger partial charge in [-0.1, -0.05) is 13.5 Å². The Morgan fingerprint density at radius 3 is 2.29 bits per heavy atom. The first-order chi connectivity index (χ1) is 9.64. The van der Waals surface area contributed by atoms with Crippen molar-refractivity contribution < 1.29 is 26.0 Å². The lowest BCUT2D eigenvalue weighted by Gasteiger charge is -2.26. The summed E-state index contributed by atoms with van der Waals surface area (Å²) in [4.78, 5) is 11.1. The van der Waals surface area contributed by atoms with Crippen LogP contribution in [0.25, 0.3) is 0 Å². The molecule has 0 aromatic carbocycles. The molecule has 0 radical (unpaired) electrons. The molecule has 0 spiro atoms. The van der Waals surface area contributed by atoms with E-state index in [4.69, 9.17) is 8.92 Å². The number of esters is 1. The molecule has 0 N–H and O–H groups in total. The van der Waals surface area contributed by atoms with Crippen LogP contribution >= 0.6 is 0 Å². The second-order valence-corrected chi connectivity index (χ2v) is 7.60. The summed E-state index contributed by atoms with van der Waals surface area (Å²) in [6, 6.07) is 0. The summed E-state index contributed by atoms with van der Waals surface area (Å²) in [6.07, 6.45) is 2.86. The molecule has 0 aliphatic heterocycles. The number of nitrogens with zero attached hydrogens (tertiary/aromatic N) is 1. The van der Waals surface area contributed by atoms with E-state index in [1.165, 1.54) is 0 Å². The molecular weight excluding hydrogens is 294 g/mol. The number of carbonyl (C=O) groups excluding carboxylic acids is 1. The summed E-state index contributed by atoms with van der Waals surface area (Å²) < 4.78 is 33.7. The van der Waals surface area contributed by atoms with Gasteiger partial charge in [0, 0.05) is 5.57 Å². The van der Waals surface area contributed by atoms with Gasteiger partial charge in [0.1, 0.15) is 0 Å². The highest BCUT2D eigenvalue weighted by molar-refractivity contribution is 7.81. The highest BCUT2D eigenvalue weighted by Crippen LogP contribution is 2.13. The maximum Gasteiger partial charge on any atom is 0.435 e. The monoisotopic (exact) mass is 322 g/mol. The molecule has 21 heavy (non-hydrogen) atoms. The molecule has 6 nitrogen and oxygen atoms in total. The third kappa shape index (κ3) is 7.59. The van der Waals surface area contributed by atoms with Crippen LogP contribution in [0.1, 0.15) is 39.5 Å². The number of hydrogen-bond donors (Lipinski definition) is 0. The minimum atomic E-state index is -3.60. The van der Waals surface area contributed by atoms with Gasteiger partial charge in [0.25, 0.3) is 0 Å². The minimum absolute atomic E-state index is 0.196. The van der Waals surface area contributed by atoms with Gasteiger partial charge in [-0.3, -0.25) is 0 Å². The molecule has 0 rings (SSSR count). The lowest BCUT2D eigenvalue weighted by atomic mass is 10.2. The Morgan fingerprint density at radius 1 is 1.14 bits per heavy atom. The van der Waals surface area contributed by atoms with Gasteiger partial charge in [-0.2, -0.15) is 3.89 Å². The van der Waals surface area contributed by atoms with Gasteiger partial charge in [-0.25, -0.2) is 8.98 Å². The number of quaternary nitrogens is 1. The van der Waals surface area contributed by atoms with E-state index < -0.39 is 10.3 Å². The van der Waals surface area contributed by atoms with Crippen molar-refractivity contribution in [2.75, 3.05) is 33.9 Å². The van der Waals surface area contributed by atoms with Crippen molar-refractivity contribution in [1.82, 2.24) is 0 Å². The molecule has 0 aromatic rings. The summed E-state index contributed by atoms with van der Waals surface area (Å²) in [5, 5.41) is 0. The van der Waals surface area contributed by atoms with E-state index in [2.05, 4.69) is 6.58 Å². The van der Waals surface area contributed by atoms with Crippen molar-refractivity contribution >= 4 is 16.3 Å². The van der Waals surface area contributed by atoms with Crippen LogP contribution in [0.3, 0.4) is 0 Å². The third-order valence-electron chi connectivity index (χ3n) is 2.96. The Hall–Kier alpha value is -0.920. The van der Waals surface area contributed by atoms with Crippen LogP contribution in [0.4, 0.5) is 0 Å². The van der Waals surface area contributed by atoms with E-state index in [0.717, 1.165) is 6.42 Å². The van der Waals surface area contributed by atoms with Crippen molar-refractivity contribution in [2.24, 2.45) is 0 Å². The van der Waals surface area contributed by atoms with E-state index in [9.17, 15) is 13.2 Å². The fraction of sp³-hybridized carbons (Fsp3) is 0.786. The number of hydrogen-bond acceptors (Lipinski definition) is 5. The maximum absolute atomic E-state index is 12.0. The predicted octanol–water partition coefficient (Wildman–Crippen LogP) is 2.02. The Kier molecular flexibility index (Phi) is 8.77. The average Bonchev–Trinajstić information content (AvgIpc) is 2.39. The van der Waals surface area contributed by atoms with E-state index in [1.54, 1.807) is 21.0 Å². The van der Waals surface area contributed by atoms with E-state index >= 15 is 0 Å². The minimum Gasteiger partial charge on any atom is -0.462 e. The largest absolute Gasteiger partial charge is 0.462 e. The third-order valence-corrected chi connectivity index (χ3v) is 4.82. The molecule has 7 heteroatoms. The molecule has 0 amide bonds. The molecular formula is C14H28NO5S+. The second-order valence-electron chi connectivity index (χ2n) is 5.52. The first-order valence-electron chi connectivity index (χ1n) is 7.19. The lowest BCUT2D eigenvalue weighted by molar-refractivity contribution is -0.768. The Morgan fingerprint density at radius 2 is 1.76 bits per heavy atom. The van der Waals surface area contributed by atoms with Gasteiger partial charge in [0.2, 0.25) is 0 Å². The zero-order valence-electron chi connectivity index (χ0n) is 13.6. The molecule has 0 aliphatic rings. The summed E-state index contributed by atoms with van der Waals surface area (Å²) in [5.41, 5.74) is 0.381. The number of rotatable bonds is 11. The highest BCUT2D eigenvalue weighted by atomic mass is 32.2. The number of ether oxygens (including phenoxy) is 1. The molecule has 0 saturated carbocycles. The first kappa shape index (κ1) is 20.1. The van der Waals surface area contributed by atoms with Crippen LogP contribution < -0.4 is 0 Å². The van der Waals surface area contributed by atoms with Gasteiger partial charge >= 0.3 is 16.3 Å². The number of carbonyl (C=O) groups is 1. The Labute approximate surface area is 128 Å². The van der Waals surface area contributed by atoms with Crippen molar-refractivity contribution in [3.05, 3.63) is 12.2 Å². The summed E-state index contributed by atoms with van der Waals surface area (Å²) in [7, 11) is -0.365. The van der Waals surface area contributed by atoms with Crippen LogP contribution in [0.5, 0.6) is 0 Å². The topological polar surface area (TPSA) is 69.7 Å². The van der Waals surface area contributed by atoms with Crippen molar-refractivity contribution in [3.8, 4) is 0 Å². The van der Waals surface area contributed by atoms with Crippen molar-refractivity contribution in [2.45, 2.75) is 39.5 Å². The van der Waals surface area contributed by atoms with Crippen LogP contribution in [0, 0.1) is 0 Å². The van der Waals surface area contributed by atoms with Gasteiger partial charge < -0.3 is 4.74 Å². The molecule has 0 unspecified atom stereocenters. The zero-order valence-corrected chi connectivity index (χ0v) is 14.4. The fourth-order valence-corrected chi connectivity index (χ4v) is 2.52. The first-order valence-corrected chi connectivity index (χ1v) is 8.55. The van der Waals surface area contributed by atoms with Crippen molar-refractivity contribution in [3.63, 3.8) is 0 Å². The quantitative estimate of drug-likeness (QED) is 0.252. The molecule has 0 bridgehead atoms. The predicted molar refractivity (Wildman–Crippen MR) is 81.8 cm³/mol.